The number of aliphatic carboxylic acids is 1. The van der Waals surface area contributed by atoms with E-state index in [9.17, 15) is 4.79 Å². The molecule has 135 valence electrons. The summed E-state index contributed by atoms with van der Waals surface area (Å²) in [6.07, 6.45) is -1.62. The summed E-state index contributed by atoms with van der Waals surface area (Å²) in [5.74, 6) is 0.884. The monoisotopic (exact) mass is 399 g/mol. The first-order valence-corrected chi connectivity index (χ1v) is 11.7. The van der Waals surface area contributed by atoms with Crippen molar-refractivity contribution >= 4 is 107 Å². The van der Waals surface area contributed by atoms with Crippen LogP contribution in [0.1, 0.15) is 5.56 Å². The van der Waals surface area contributed by atoms with Crippen molar-refractivity contribution < 1.29 is 15.6 Å². The van der Waals surface area contributed by atoms with E-state index in [2.05, 4.69) is 10.6 Å². The molecular formula is C13H19B12N2O2S. The van der Waals surface area contributed by atoms with Crippen molar-refractivity contribution in [2.24, 2.45) is 0 Å². The minimum Gasteiger partial charge on any atom is -0.690 e. The van der Waals surface area contributed by atoms with E-state index in [0.717, 1.165) is 35.8 Å². The summed E-state index contributed by atoms with van der Waals surface area (Å²) in [4.78, 5) is 13.3. The number of rotatable bonds is 10. The van der Waals surface area contributed by atoms with E-state index >= 15 is 0 Å². The van der Waals surface area contributed by atoms with E-state index in [1.165, 1.54) is 7.06 Å². The van der Waals surface area contributed by atoms with Crippen LogP contribution in [0.2, 0.25) is 0 Å². The molecule has 1 aromatic rings. The smallest absolute Gasteiger partial charge is 0.362 e. The summed E-state index contributed by atoms with van der Waals surface area (Å²) in [6, 6.07) is 7.33. The van der Waals surface area contributed by atoms with Crippen LogP contribution in [0.5, 0.6) is 0 Å². The summed E-state index contributed by atoms with van der Waals surface area (Å²) < 4.78 is 0. The zero-order valence-corrected chi connectivity index (χ0v) is 18.1. The van der Waals surface area contributed by atoms with Crippen molar-refractivity contribution in [3.05, 3.63) is 29.8 Å². The van der Waals surface area contributed by atoms with Crippen LogP contribution in [0.25, 0.3) is 0 Å². The lowest BCUT2D eigenvalue weighted by molar-refractivity contribution is -0.407. The lowest BCUT2D eigenvalue weighted by Gasteiger charge is -2.40. The number of quaternary nitrogens is 1. The molecule has 4 N–H and O–H groups in total. The van der Waals surface area contributed by atoms with E-state index in [1.54, 1.807) is 0 Å². The summed E-state index contributed by atoms with van der Waals surface area (Å²) in [5.41, 5.74) is 5.72. The number of benzene rings is 1. The Labute approximate surface area is 194 Å². The predicted molar refractivity (Wildman–Crippen MR) is 143 cm³/mol. The van der Waals surface area contributed by atoms with Crippen molar-refractivity contribution in [1.82, 2.24) is 0 Å². The summed E-state index contributed by atoms with van der Waals surface area (Å²) in [5, 5.41) is 9.02. The predicted octanol–water partition coefficient (Wildman–Crippen LogP) is -4.74. The van der Waals surface area contributed by atoms with Crippen molar-refractivity contribution in [3.63, 3.8) is 0 Å². The molecule has 4 nitrogen and oxygen atoms in total. The molecule has 0 aromatic heterocycles. The van der Waals surface area contributed by atoms with Gasteiger partial charge in [0, 0.05) is 54.5 Å². The van der Waals surface area contributed by atoms with Crippen LogP contribution in [-0.4, -0.2) is 127 Å². The van der Waals surface area contributed by atoms with Crippen LogP contribution in [0.3, 0.4) is 0 Å². The molecule has 1 atom stereocenters. The lowest BCUT2D eigenvalue weighted by Crippen LogP contribution is -2.72. The molecule has 0 amide bonds. The normalized spacial score (nSPS) is 15.2. The van der Waals surface area contributed by atoms with Gasteiger partial charge >= 0.3 is 5.97 Å². The maximum absolute atomic E-state index is 11.0. The van der Waals surface area contributed by atoms with Crippen molar-refractivity contribution in [1.29, 1.82) is 0 Å². The maximum atomic E-state index is 11.0. The summed E-state index contributed by atoms with van der Waals surface area (Å²) >= 11 is 0. The Balaban J connectivity index is 2.04. The van der Waals surface area contributed by atoms with Crippen molar-refractivity contribution in [3.8, 4) is 0 Å². The Morgan fingerprint density at radius 2 is 1.80 bits per heavy atom. The molecule has 17 heteroatoms. The molecule has 1 aromatic carbocycles. The Bertz CT molecular complexity index is 671. The van der Waals surface area contributed by atoms with Gasteiger partial charge in [-0.15, -0.1) is 0 Å². The molecule has 1 unspecified atom stereocenters. The molecule has 1 heterocycles. The average Bonchev–Trinajstić information content (AvgIpc) is 2.71. The third kappa shape index (κ3) is 6.79. The molecule has 1 saturated heterocycles. The highest BCUT2D eigenvalue weighted by Crippen LogP contribution is 2.21. The highest BCUT2D eigenvalue weighted by molar-refractivity contribution is 8.41. The van der Waals surface area contributed by atoms with Gasteiger partial charge in [-0.3, -0.25) is 7.06 Å². The SMILES string of the molecule is [B]B([B])B(B([B])[B-])B(B([B])[B][B-])[S+]1CCN(c2ccc(CC([NH3+])C(=O)O)cc2)CC1. The van der Waals surface area contributed by atoms with Gasteiger partial charge in [-0.2, -0.15) is 0 Å². The molecule has 1 aliphatic rings. The van der Waals surface area contributed by atoms with Crippen LogP contribution < -0.4 is 10.6 Å². The second kappa shape index (κ2) is 12.0. The Kier molecular flexibility index (Phi) is 10.3. The van der Waals surface area contributed by atoms with Gasteiger partial charge in [0.15, 0.2) is 6.04 Å². The van der Waals surface area contributed by atoms with Crippen LogP contribution in [0.15, 0.2) is 24.3 Å². The molecular weight excluding hydrogens is 378 g/mol. The highest BCUT2D eigenvalue weighted by atomic mass is 32.2. The fraction of sp³-hybridized carbons (Fsp3) is 0.462. The van der Waals surface area contributed by atoms with Gasteiger partial charge in [0.05, 0.1) is 13.1 Å². The minimum absolute atomic E-state index is 0.0652. The number of anilines is 1. The van der Waals surface area contributed by atoms with Gasteiger partial charge in [-0.1, -0.05) is 22.9 Å². The Hall–Kier alpha value is -0.421. The summed E-state index contributed by atoms with van der Waals surface area (Å²) in [7, 11) is 37.4. The minimum atomic E-state index is -0.891. The third-order valence-corrected chi connectivity index (χ3v) is 8.45. The van der Waals surface area contributed by atoms with Crippen LogP contribution in [-0.2, 0) is 22.0 Å². The first-order chi connectivity index (χ1) is 14.1. The van der Waals surface area contributed by atoms with Gasteiger partial charge < -0.3 is 31.2 Å². The van der Waals surface area contributed by atoms with Gasteiger partial charge in [0.2, 0.25) is 0 Å². The molecule has 1 aliphatic heterocycles. The van der Waals surface area contributed by atoms with Crippen LogP contribution >= 0.6 is 0 Å². The molecule has 0 aliphatic carbocycles. The quantitative estimate of drug-likeness (QED) is 0.308. The van der Waals surface area contributed by atoms with E-state index in [4.69, 9.17) is 51.5 Å². The number of carboxylic acids is 1. The largest absolute Gasteiger partial charge is 0.690 e. The second-order valence-electron chi connectivity index (χ2n) is 7.80. The molecule has 0 spiro atoms. The summed E-state index contributed by atoms with van der Waals surface area (Å²) in [6.45, 7) is 1.71. The zero-order valence-electron chi connectivity index (χ0n) is 17.3. The first kappa shape index (κ1) is 25.8. The first-order valence-electron chi connectivity index (χ1n) is 10.0. The highest BCUT2D eigenvalue weighted by Gasteiger charge is 2.46. The number of nitrogens with zero attached hydrogens (tertiary/aromatic N) is 1. The van der Waals surface area contributed by atoms with Gasteiger partial charge in [0.25, 0.3) is 5.77 Å². The Morgan fingerprint density at radius 3 is 2.23 bits per heavy atom. The van der Waals surface area contributed by atoms with Gasteiger partial charge in [-0.05, 0) is 25.4 Å². The molecule has 0 bridgehead atoms. The van der Waals surface area contributed by atoms with E-state index in [0.29, 0.717) is 6.42 Å². The van der Waals surface area contributed by atoms with E-state index < -0.39 is 24.8 Å². The molecule has 1 fully saturated rings. The molecule has 0 saturated carbocycles. The fourth-order valence-corrected chi connectivity index (χ4v) is 6.92. The number of hydrogen-bond donors (Lipinski definition) is 2. The number of hydrogen-bond acceptors (Lipinski definition) is 2. The lowest BCUT2D eigenvalue weighted by atomic mass is 8.58. The zero-order chi connectivity index (χ0) is 22.4. The third-order valence-electron chi connectivity index (χ3n) is 5.63. The van der Waals surface area contributed by atoms with Gasteiger partial charge in [0.1, 0.15) is 11.5 Å². The molecule has 30 heavy (non-hydrogen) atoms. The Morgan fingerprint density at radius 1 is 1.23 bits per heavy atom. The topological polar surface area (TPSA) is 68.2 Å². The van der Waals surface area contributed by atoms with Gasteiger partial charge in [-0.25, -0.2) is 11.2 Å². The van der Waals surface area contributed by atoms with E-state index in [1.807, 2.05) is 24.3 Å². The standard InChI is InChI=1S/C13H17B12N2O2S/c14-20-23(19)25(24(21(15)16)22(17)18)30-7-5-27(6-8-30)11-3-1-10(2-4-11)9-12(26)13(28)29/h1-4,12H,5-9,26H2/q-2/p+2. The fourth-order valence-electron chi connectivity index (χ4n) is 3.92. The van der Waals surface area contributed by atoms with Crippen LogP contribution in [0, 0.1) is 0 Å². The van der Waals surface area contributed by atoms with E-state index in [-0.39, 0.29) is 29.3 Å². The molecule has 15 radical (unpaired) electrons. The average molecular weight is 397 g/mol. The van der Waals surface area contributed by atoms with Crippen LogP contribution in [0.4, 0.5) is 5.69 Å². The van der Waals surface area contributed by atoms with Crippen molar-refractivity contribution in [2.45, 2.75) is 12.5 Å². The number of carbonyl (C=O) groups is 1. The van der Waals surface area contributed by atoms with Crippen molar-refractivity contribution in [2.75, 3.05) is 29.5 Å². The number of carboxylic acid groups (broad SMARTS) is 1. The second-order valence-corrected chi connectivity index (χ2v) is 10.2. The maximum Gasteiger partial charge on any atom is 0.362 e. The molecule has 2 rings (SSSR count).